The minimum atomic E-state index is -0.678. The number of benzene rings is 3. The van der Waals surface area contributed by atoms with E-state index in [-0.39, 0.29) is 17.6 Å². The summed E-state index contributed by atoms with van der Waals surface area (Å²) in [7, 11) is 0. The van der Waals surface area contributed by atoms with Crippen LogP contribution < -0.4 is 26.5 Å². The van der Waals surface area contributed by atoms with E-state index in [0.717, 1.165) is 11.1 Å². The summed E-state index contributed by atoms with van der Waals surface area (Å²) in [6.07, 6.45) is 0. The third kappa shape index (κ3) is 5.80. The Kier molecular flexibility index (Phi) is 7.01. The zero-order valence-corrected chi connectivity index (χ0v) is 18.7. The molecule has 4 rings (SSSR count). The molecule has 3 aromatic carbocycles. The molecule has 0 saturated carbocycles. The summed E-state index contributed by atoms with van der Waals surface area (Å²) in [5.41, 5.74) is 5.78. The SMILES string of the molecule is CC(NC(=O)NNC(=O)c1n[nH]c(=O)c2ccccc12)c1ccc(OCc2ccc(F)cc2)cc1. The number of fused-ring (bicyclic) bond motifs is 1. The number of ether oxygens (including phenoxy) is 1. The second kappa shape index (κ2) is 10.5. The molecular formula is C25H22FN5O4. The highest BCUT2D eigenvalue weighted by Gasteiger charge is 2.15. The number of aromatic nitrogens is 2. The molecule has 0 aliphatic carbocycles. The van der Waals surface area contributed by atoms with E-state index in [4.69, 9.17) is 4.74 Å². The molecule has 4 aromatic rings. The van der Waals surface area contributed by atoms with Crippen molar-refractivity contribution in [1.82, 2.24) is 26.4 Å². The summed E-state index contributed by atoms with van der Waals surface area (Å²) < 4.78 is 18.7. The second-order valence-corrected chi connectivity index (χ2v) is 7.71. The van der Waals surface area contributed by atoms with Crippen LogP contribution in [0.2, 0.25) is 0 Å². The maximum atomic E-state index is 13.0. The summed E-state index contributed by atoms with van der Waals surface area (Å²) in [4.78, 5) is 36.6. The fraction of sp³-hybridized carbons (Fsp3) is 0.120. The maximum Gasteiger partial charge on any atom is 0.333 e. The van der Waals surface area contributed by atoms with Crippen molar-refractivity contribution in [3.8, 4) is 5.75 Å². The van der Waals surface area contributed by atoms with Gasteiger partial charge < -0.3 is 10.1 Å². The van der Waals surface area contributed by atoms with Crippen LogP contribution in [0.25, 0.3) is 10.8 Å². The van der Waals surface area contributed by atoms with Gasteiger partial charge in [0.1, 0.15) is 18.2 Å². The molecule has 1 unspecified atom stereocenters. The molecule has 1 atom stereocenters. The highest BCUT2D eigenvalue weighted by Crippen LogP contribution is 2.19. The highest BCUT2D eigenvalue weighted by atomic mass is 19.1. The summed E-state index contributed by atoms with van der Waals surface area (Å²) in [6, 6.07) is 18.7. The molecule has 1 aromatic heterocycles. The fourth-order valence-electron chi connectivity index (χ4n) is 3.38. The molecule has 0 fully saturated rings. The average Bonchev–Trinajstić information content (AvgIpc) is 2.87. The molecule has 0 spiro atoms. The van der Waals surface area contributed by atoms with Crippen LogP contribution >= 0.6 is 0 Å². The fourth-order valence-corrected chi connectivity index (χ4v) is 3.38. The van der Waals surface area contributed by atoms with Crippen LogP contribution in [-0.4, -0.2) is 22.1 Å². The first kappa shape index (κ1) is 23.4. The van der Waals surface area contributed by atoms with Gasteiger partial charge in [0.05, 0.1) is 11.4 Å². The number of aromatic amines is 1. The Balaban J connectivity index is 1.29. The number of carbonyl (C=O) groups excluding carboxylic acids is 2. The predicted molar refractivity (Wildman–Crippen MR) is 127 cm³/mol. The van der Waals surface area contributed by atoms with Crippen molar-refractivity contribution in [1.29, 1.82) is 0 Å². The molecule has 0 aliphatic heterocycles. The lowest BCUT2D eigenvalue weighted by atomic mass is 10.1. The van der Waals surface area contributed by atoms with Crippen molar-refractivity contribution in [3.05, 3.63) is 106 Å². The number of halogens is 1. The van der Waals surface area contributed by atoms with Crippen LogP contribution in [0.5, 0.6) is 5.75 Å². The number of carbonyl (C=O) groups is 2. The first-order valence-electron chi connectivity index (χ1n) is 10.7. The molecule has 9 nitrogen and oxygen atoms in total. The molecule has 0 bridgehead atoms. The maximum absolute atomic E-state index is 13.0. The van der Waals surface area contributed by atoms with E-state index in [1.807, 2.05) is 0 Å². The third-order valence-electron chi connectivity index (χ3n) is 5.25. The van der Waals surface area contributed by atoms with Gasteiger partial charge in [0.15, 0.2) is 5.69 Å². The lowest BCUT2D eigenvalue weighted by Gasteiger charge is -2.16. The number of amides is 3. The van der Waals surface area contributed by atoms with Crippen molar-refractivity contribution in [3.63, 3.8) is 0 Å². The molecule has 178 valence electrons. The molecule has 0 radical (unpaired) electrons. The van der Waals surface area contributed by atoms with Crippen LogP contribution in [-0.2, 0) is 6.61 Å². The van der Waals surface area contributed by atoms with Gasteiger partial charge in [-0.1, -0.05) is 42.5 Å². The number of hydrogen-bond donors (Lipinski definition) is 4. The molecule has 4 N–H and O–H groups in total. The van der Waals surface area contributed by atoms with Crippen LogP contribution in [0, 0.1) is 5.82 Å². The first-order chi connectivity index (χ1) is 16.9. The van der Waals surface area contributed by atoms with Gasteiger partial charge in [-0.2, -0.15) is 5.10 Å². The number of nitrogens with zero attached hydrogens (tertiary/aromatic N) is 1. The van der Waals surface area contributed by atoms with E-state index >= 15 is 0 Å². The third-order valence-corrected chi connectivity index (χ3v) is 5.25. The van der Waals surface area contributed by atoms with Gasteiger partial charge in [-0.25, -0.2) is 19.7 Å². The monoisotopic (exact) mass is 475 g/mol. The van der Waals surface area contributed by atoms with Gasteiger partial charge >= 0.3 is 6.03 Å². The van der Waals surface area contributed by atoms with E-state index in [0.29, 0.717) is 23.1 Å². The van der Waals surface area contributed by atoms with E-state index in [1.54, 1.807) is 67.6 Å². The van der Waals surface area contributed by atoms with E-state index in [2.05, 4.69) is 26.4 Å². The zero-order chi connectivity index (χ0) is 24.8. The average molecular weight is 475 g/mol. The Bertz CT molecular complexity index is 1400. The summed E-state index contributed by atoms with van der Waals surface area (Å²) in [5, 5.41) is 9.45. The molecular weight excluding hydrogens is 453 g/mol. The molecule has 3 amide bonds. The number of H-pyrrole nitrogens is 1. The van der Waals surface area contributed by atoms with E-state index in [1.165, 1.54) is 12.1 Å². The van der Waals surface area contributed by atoms with E-state index < -0.39 is 17.5 Å². The smallest absolute Gasteiger partial charge is 0.333 e. The normalized spacial score (nSPS) is 11.5. The Morgan fingerprint density at radius 3 is 2.37 bits per heavy atom. The number of urea groups is 1. The molecule has 0 aliphatic rings. The number of nitrogens with one attached hydrogen (secondary N) is 4. The Morgan fingerprint density at radius 2 is 1.66 bits per heavy atom. The quantitative estimate of drug-likeness (QED) is 0.318. The summed E-state index contributed by atoms with van der Waals surface area (Å²) in [5.74, 6) is -0.352. The van der Waals surface area contributed by atoms with Crippen molar-refractivity contribution in [2.45, 2.75) is 19.6 Å². The lowest BCUT2D eigenvalue weighted by molar-refractivity contribution is 0.0931. The van der Waals surface area contributed by atoms with E-state index in [9.17, 15) is 18.8 Å². The van der Waals surface area contributed by atoms with Crippen LogP contribution in [0.1, 0.15) is 34.6 Å². The van der Waals surface area contributed by atoms with Crippen molar-refractivity contribution in [2.75, 3.05) is 0 Å². The van der Waals surface area contributed by atoms with Crippen molar-refractivity contribution >= 4 is 22.7 Å². The minimum absolute atomic E-state index is 0.0234. The summed E-state index contributed by atoms with van der Waals surface area (Å²) >= 11 is 0. The minimum Gasteiger partial charge on any atom is -0.489 e. The van der Waals surface area contributed by atoms with Gasteiger partial charge in [0.2, 0.25) is 0 Å². The number of hydrogen-bond acceptors (Lipinski definition) is 5. The van der Waals surface area contributed by atoms with Gasteiger partial charge in [-0.15, -0.1) is 0 Å². The summed E-state index contributed by atoms with van der Waals surface area (Å²) in [6.45, 7) is 2.09. The first-order valence-corrected chi connectivity index (χ1v) is 10.7. The van der Waals surface area contributed by atoms with Gasteiger partial charge in [-0.05, 0) is 48.4 Å². The highest BCUT2D eigenvalue weighted by molar-refractivity contribution is 6.05. The van der Waals surface area contributed by atoms with Crippen LogP contribution in [0.4, 0.5) is 9.18 Å². The van der Waals surface area contributed by atoms with Crippen molar-refractivity contribution in [2.24, 2.45) is 0 Å². The number of hydrazine groups is 1. The van der Waals surface area contributed by atoms with Gasteiger partial charge in [0.25, 0.3) is 11.5 Å². The van der Waals surface area contributed by atoms with Gasteiger partial charge in [0, 0.05) is 5.39 Å². The van der Waals surface area contributed by atoms with Crippen LogP contribution in [0.3, 0.4) is 0 Å². The lowest BCUT2D eigenvalue weighted by Crippen LogP contribution is -2.47. The molecule has 0 saturated heterocycles. The van der Waals surface area contributed by atoms with Gasteiger partial charge in [-0.3, -0.25) is 15.0 Å². The largest absolute Gasteiger partial charge is 0.489 e. The second-order valence-electron chi connectivity index (χ2n) is 7.71. The Morgan fingerprint density at radius 1 is 0.971 bits per heavy atom. The molecule has 35 heavy (non-hydrogen) atoms. The Labute approximate surface area is 199 Å². The topological polar surface area (TPSA) is 125 Å². The van der Waals surface area contributed by atoms with Crippen molar-refractivity contribution < 1.29 is 18.7 Å². The standard InChI is InChI=1S/C25H22FN5O4/c1-15(17-8-12-19(13-9-17)35-14-16-6-10-18(26)11-7-16)27-25(34)31-30-24(33)22-20-4-2-3-5-21(20)23(32)29-28-22/h2-13,15H,14H2,1H3,(H,29,32)(H,30,33)(H2,27,31,34). The Hall–Kier alpha value is -4.73. The predicted octanol–water partition coefficient (Wildman–Crippen LogP) is 3.35. The van der Waals surface area contributed by atoms with Crippen LogP contribution in [0.15, 0.2) is 77.6 Å². The molecule has 1 heterocycles. The zero-order valence-electron chi connectivity index (χ0n) is 18.7. The molecule has 10 heteroatoms. The number of rotatable bonds is 6.